The molecular weight excluding hydrogens is 224 g/mol. The van der Waals surface area contributed by atoms with Crippen molar-refractivity contribution in [2.75, 3.05) is 6.54 Å². The summed E-state index contributed by atoms with van der Waals surface area (Å²) in [6.07, 6.45) is 12.5. The van der Waals surface area contributed by atoms with E-state index < -0.39 is 0 Å². The Kier molecular flexibility index (Phi) is 7.76. The first kappa shape index (κ1) is 17.0. The summed E-state index contributed by atoms with van der Waals surface area (Å²) >= 11 is 0. The molecule has 0 aliphatic heterocycles. The minimum atomic E-state index is -0.113. The first-order chi connectivity index (χ1) is 8.27. The van der Waals surface area contributed by atoms with E-state index in [9.17, 15) is 4.91 Å². The lowest BCUT2D eigenvalue weighted by Gasteiger charge is -2.17. The lowest BCUT2D eigenvalue weighted by atomic mass is 9.89. The number of nitrogens with zero attached hydrogens (tertiary/aromatic N) is 1. The van der Waals surface area contributed by atoms with Crippen LogP contribution in [0, 0.1) is 10.3 Å². The Hall–Kier alpha value is -0.960. The first-order valence-electron chi connectivity index (χ1n) is 6.65. The lowest BCUT2D eigenvalue weighted by molar-refractivity contribution is 0.384. The highest BCUT2D eigenvalue weighted by Crippen LogP contribution is 2.21. The van der Waals surface area contributed by atoms with Crippen LogP contribution in [0.25, 0.3) is 0 Å². The lowest BCUT2D eigenvalue weighted by Crippen LogP contribution is -2.30. The standard InChI is InChI=1S/C15H28N2O/c1-14(2,13-17-18)11-9-7-5-6-8-10-12-15(3,4)16/h7-10H,5-6,11-13,16H2,1-4H3. The van der Waals surface area contributed by atoms with Gasteiger partial charge in [-0.1, -0.05) is 43.3 Å². The van der Waals surface area contributed by atoms with Crippen molar-refractivity contribution in [1.29, 1.82) is 0 Å². The molecule has 0 atom stereocenters. The Labute approximate surface area is 112 Å². The quantitative estimate of drug-likeness (QED) is 0.380. The molecule has 0 heterocycles. The number of hydrogen-bond donors (Lipinski definition) is 1. The zero-order valence-electron chi connectivity index (χ0n) is 12.3. The molecule has 104 valence electrons. The molecule has 0 aromatic carbocycles. The summed E-state index contributed by atoms with van der Waals surface area (Å²) in [5.74, 6) is 0. The Morgan fingerprint density at radius 3 is 1.89 bits per heavy atom. The molecule has 0 amide bonds. The van der Waals surface area contributed by atoms with Crippen molar-refractivity contribution in [2.24, 2.45) is 16.3 Å². The van der Waals surface area contributed by atoms with Gasteiger partial charge in [-0.15, -0.1) is 0 Å². The largest absolute Gasteiger partial charge is 0.325 e. The maximum Gasteiger partial charge on any atom is 0.0865 e. The molecule has 0 spiro atoms. The second kappa shape index (κ2) is 8.20. The van der Waals surface area contributed by atoms with Crippen LogP contribution in [-0.2, 0) is 0 Å². The van der Waals surface area contributed by atoms with Crippen LogP contribution >= 0.6 is 0 Å². The summed E-state index contributed by atoms with van der Waals surface area (Å²) in [7, 11) is 0. The number of nitrogens with two attached hydrogens (primary N) is 1. The van der Waals surface area contributed by atoms with Crippen molar-refractivity contribution >= 4 is 0 Å². The number of hydrogen-bond acceptors (Lipinski definition) is 3. The summed E-state index contributed by atoms with van der Waals surface area (Å²) in [5.41, 5.74) is 5.75. The summed E-state index contributed by atoms with van der Waals surface area (Å²) in [4.78, 5) is 10.2. The van der Waals surface area contributed by atoms with E-state index in [0.717, 1.165) is 25.7 Å². The van der Waals surface area contributed by atoms with Crippen LogP contribution in [-0.4, -0.2) is 12.1 Å². The molecule has 18 heavy (non-hydrogen) atoms. The van der Waals surface area contributed by atoms with Gasteiger partial charge in [-0.25, -0.2) is 0 Å². The molecule has 0 bridgehead atoms. The van der Waals surface area contributed by atoms with E-state index in [1.54, 1.807) is 0 Å². The van der Waals surface area contributed by atoms with Gasteiger partial charge >= 0.3 is 0 Å². The second-order valence-corrected chi connectivity index (χ2v) is 6.37. The van der Waals surface area contributed by atoms with Gasteiger partial charge in [-0.2, -0.15) is 4.91 Å². The Morgan fingerprint density at radius 1 is 0.944 bits per heavy atom. The topological polar surface area (TPSA) is 55.4 Å². The average molecular weight is 252 g/mol. The molecule has 0 rings (SSSR count). The van der Waals surface area contributed by atoms with Gasteiger partial charge < -0.3 is 5.73 Å². The molecule has 0 aliphatic rings. The maximum absolute atomic E-state index is 10.2. The fourth-order valence-corrected chi connectivity index (χ4v) is 1.46. The summed E-state index contributed by atoms with van der Waals surface area (Å²) in [5, 5.41) is 2.96. The summed E-state index contributed by atoms with van der Waals surface area (Å²) in [6, 6.07) is 0. The summed E-state index contributed by atoms with van der Waals surface area (Å²) in [6.45, 7) is 8.55. The van der Waals surface area contributed by atoms with E-state index in [2.05, 4.69) is 43.3 Å². The van der Waals surface area contributed by atoms with Gasteiger partial charge in [0.05, 0.1) is 6.54 Å². The minimum absolute atomic E-state index is 0.0162. The molecule has 0 saturated carbocycles. The van der Waals surface area contributed by atoms with Crippen LogP contribution in [0.3, 0.4) is 0 Å². The molecule has 0 unspecified atom stereocenters. The number of rotatable bonds is 9. The molecule has 0 aromatic rings. The molecule has 0 saturated heterocycles. The van der Waals surface area contributed by atoms with Crippen LogP contribution in [0.4, 0.5) is 0 Å². The second-order valence-electron chi connectivity index (χ2n) is 6.37. The monoisotopic (exact) mass is 252 g/mol. The summed E-state index contributed by atoms with van der Waals surface area (Å²) < 4.78 is 0. The first-order valence-corrected chi connectivity index (χ1v) is 6.65. The molecule has 3 nitrogen and oxygen atoms in total. The molecule has 0 radical (unpaired) electrons. The van der Waals surface area contributed by atoms with Crippen molar-refractivity contribution in [1.82, 2.24) is 0 Å². The van der Waals surface area contributed by atoms with E-state index in [1.165, 1.54) is 0 Å². The van der Waals surface area contributed by atoms with Crippen molar-refractivity contribution in [3.63, 3.8) is 0 Å². The number of nitroso groups, excluding NO2 is 1. The van der Waals surface area contributed by atoms with E-state index in [-0.39, 0.29) is 11.0 Å². The van der Waals surface area contributed by atoms with Gasteiger partial charge in [0.15, 0.2) is 0 Å². The van der Waals surface area contributed by atoms with E-state index in [0.29, 0.717) is 6.54 Å². The predicted molar refractivity (Wildman–Crippen MR) is 79.5 cm³/mol. The zero-order chi connectivity index (χ0) is 14.1. The van der Waals surface area contributed by atoms with Crippen molar-refractivity contribution in [2.45, 2.75) is 58.9 Å². The van der Waals surface area contributed by atoms with Crippen LogP contribution < -0.4 is 5.73 Å². The SMILES string of the molecule is CC(C)(N)CC=CCCC=CCC(C)(C)CN=O. The highest BCUT2D eigenvalue weighted by atomic mass is 16.3. The van der Waals surface area contributed by atoms with Crippen LogP contribution in [0.1, 0.15) is 53.4 Å². The van der Waals surface area contributed by atoms with Gasteiger partial charge in [-0.3, -0.25) is 0 Å². The van der Waals surface area contributed by atoms with Crippen LogP contribution in [0.2, 0.25) is 0 Å². The Balaban J connectivity index is 3.69. The fourth-order valence-electron chi connectivity index (χ4n) is 1.46. The van der Waals surface area contributed by atoms with E-state index >= 15 is 0 Å². The smallest absolute Gasteiger partial charge is 0.0865 e. The van der Waals surface area contributed by atoms with Crippen molar-refractivity contribution < 1.29 is 0 Å². The third kappa shape index (κ3) is 11.5. The molecule has 3 heteroatoms. The van der Waals surface area contributed by atoms with Crippen molar-refractivity contribution in [3.05, 3.63) is 29.2 Å². The molecule has 0 aromatic heterocycles. The van der Waals surface area contributed by atoms with E-state index in [4.69, 9.17) is 5.73 Å². The highest BCUT2D eigenvalue weighted by molar-refractivity contribution is 4.93. The highest BCUT2D eigenvalue weighted by Gasteiger charge is 2.15. The number of unbranched alkanes of at least 4 members (excludes halogenated alkanes) is 1. The predicted octanol–water partition coefficient (Wildman–Crippen LogP) is 4.19. The number of allylic oxidation sites excluding steroid dienone is 3. The minimum Gasteiger partial charge on any atom is -0.325 e. The normalized spacial score (nSPS) is 13.6. The Bertz CT molecular complexity index is 285. The fraction of sp³-hybridized carbons (Fsp3) is 0.733. The van der Waals surface area contributed by atoms with Crippen LogP contribution in [0.5, 0.6) is 0 Å². The van der Waals surface area contributed by atoms with Gasteiger partial charge in [0.2, 0.25) is 0 Å². The van der Waals surface area contributed by atoms with Gasteiger partial charge in [0.1, 0.15) is 0 Å². The van der Waals surface area contributed by atoms with Gasteiger partial charge in [-0.05, 0) is 44.9 Å². The van der Waals surface area contributed by atoms with Crippen LogP contribution in [0.15, 0.2) is 29.5 Å². The maximum atomic E-state index is 10.2. The molecule has 2 N–H and O–H groups in total. The average Bonchev–Trinajstić information content (AvgIpc) is 2.20. The van der Waals surface area contributed by atoms with E-state index in [1.807, 2.05) is 13.8 Å². The Morgan fingerprint density at radius 2 is 1.44 bits per heavy atom. The zero-order valence-corrected chi connectivity index (χ0v) is 12.3. The van der Waals surface area contributed by atoms with Gasteiger partial charge in [0, 0.05) is 5.54 Å². The molecular formula is C15H28N2O. The van der Waals surface area contributed by atoms with Crippen molar-refractivity contribution in [3.8, 4) is 0 Å². The third-order valence-electron chi connectivity index (χ3n) is 2.64. The van der Waals surface area contributed by atoms with Gasteiger partial charge in [0.25, 0.3) is 0 Å². The third-order valence-corrected chi connectivity index (χ3v) is 2.64. The molecule has 0 fully saturated rings. The molecule has 0 aliphatic carbocycles.